The van der Waals surface area contributed by atoms with Crippen molar-refractivity contribution >= 4 is 43.4 Å². The summed E-state index contributed by atoms with van der Waals surface area (Å²) in [5.41, 5.74) is 3.41. The summed E-state index contributed by atoms with van der Waals surface area (Å²) >= 11 is 1.77. The van der Waals surface area contributed by atoms with E-state index in [9.17, 15) is 0 Å². The van der Waals surface area contributed by atoms with E-state index < -0.39 is 11.8 Å². The van der Waals surface area contributed by atoms with Crippen LogP contribution in [0.1, 0.15) is 34.0 Å². The molecule has 0 saturated carbocycles. The summed E-state index contributed by atoms with van der Waals surface area (Å²) in [5.74, 6) is 0. The first-order valence-electron chi connectivity index (χ1n) is 10.5. The Bertz CT molecular complexity index is 1420. The summed E-state index contributed by atoms with van der Waals surface area (Å²) < 4.78 is 24.9. The third kappa shape index (κ3) is 2.91. The lowest BCUT2D eigenvalue weighted by atomic mass is 9.88. The van der Waals surface area contributed by atoms with Crippen LogP contribution in [0.3, 0.4) is 0 Å². The predicted octanol–water partition coefficient (Wildman–Crippen LogP) is 7.76. The van der Waals surface area contributed by atoms with Gasteiger partial charge in [-0.3, -0.25) is 4.98 Å². The monoisotopic (exact) mass is 387 g/mol. The zero-order valence-electron chi connectivity index (χ0n) is 18.5. The molecule has 3 heterocycles. The summed E-state index contributed by atoms with van der Waals surface area (Å²) in [6.07, 6.45) is 0.211. The smallest absolute Gasteiger partial charge is 0.144 e. The number of furan rings is 1. The van der Waals surface area contributed by atoms with Crippen LogP contribution >= 0.6 is 11.3 Å². The first-order chi connectivity index (χ1) is 14.2. The number of thiophene rings is 1. The highest BCUT2D eigenvalue weighted by Gasteiger charge is 2.17. The van der Waals surface area contributed by atoms with Crippen molar-refractivity contribution in [2.45, 2.75) is 34.1 Å². The molecule has 2 aromatic carbocycles. The fourth-order valence-corrected chi connectivity index (χ4v) is 4.71. The van der Waals surface area contributed by atoms with Crippen molar-refractivity contribution in [3.63, 3.8) is 0 Å². The second-order valence-electron chi connectivity index (χ2n) is 8.30. The Balaban J connectivity index is 1.76. The fourth-order valence-electron chi connectivity index (χ4n) is 3.79. The number of aromatic nitrogens is 1. The van der Waals surface area contributed by atoms with E-state index in [-0.39, 0.29) is 0 Å². The molecule has 2 nitrogen and oxygen atoms in total. The number of nitrogens with zero attached hydrogens (tertiary/aromatic N) is 1. The molecule has 0 aliphatic rings. The van der Waals surface area contributed by atoms with Crippen LogP contribution in [0.4, 0.5) is 0 Å². The van der Waals surface area contributed by atoms with E-state index in [1.54, 1.807) is 23.6 Å². The number of aryl methyl sites for hydroxylation is 1. The van der Waals surface area contributed by atoms with Crippen LogP contribution in [0.2, 0.25) is 0 Å². The lowest BCUT2D eigenvalue weighted by Crippen LogP contribution is -2.09. The minimum absolute atomic E-state index is 0.528. The van der Waals surface area contributed by atoms with Gasteiger partial charge in [0.1, 0.15) is 11.2 Å². The van der Waals surface area contributed by atoms with Crippen molar-refractivity contribution in [1.82, 2.24) is 4.98 Å². The van der Waals surface area contributed by atoms with E-state index in [1.165, 1.54) is 9.58 Å². The molecule has 3 aromatic heterocycles. The van der Waals surface area contributed by atoms with Crippen LogP contribution < -0.4 is 0 Å². The minimum atomic E-state index is -1.48. The molecule has 0 fully saturated rings. The van der Waals surface area contributed by atoms with E-state index in [4.69, 9.17) is 7.16 Å². The number of benzene rings is 2. The Kier molecular flexibility index (Phi) is 3.38. The number of fused-ring (bicyclic) bond motifs is 5. The number of pyridine rings is 1. The normalized spacial score (nSPS) is 14.0. The molecule has 0 radical (unpaired) electrons. The van der Waals surface area contributed by atoms with Crippen LogP contribution in [0.5, 0.6) is 0 Å². The predicted molar refractivity (Wildman–Crippen MR) is 120 cm³/mol. The Hall–Kier alpha value is -2.65. The SMILES string of the molecule is [2H]C([2H])(c1ccnc(-c2cccc3c2oc2c4cc(C)sc4ccc32)c1)C(C)(C)C. The van der Waals surface area contributed by atoms with Gasteiger partial charge in [0.05, 0.1) is 5.69 Å². The molecule has 3 heteroatoms. The average molecular weight is 388 g/mol. The average Bonchev–Trinajstić information content (AvgIpc) is 3.26. The maximum atomic E-state index is 8.64. The fraction of sp³-hybridized carbons (Fsp3) is 0.240. The van der Waals surface area contributed by atoms with Crippen LogP contribution in [0.15, 0.2) is 59.1 Å². The molecular formula is C25H23NOS. The first-order valence-corrected chi connectivity index (χ1v) is 10.3. The maximum absolute atomic E-state index is 8.64. The first kappa shape index (κ1) is 15.3. The van der Waals surface area contributed by atoms with Gasteiger partial charge in [0.15, 0.2) is 0 Å². The molecule has 0 aliphatic carbocycles. The molecule has 5 aromatic rings. The van der Waals surface area contributed by atoms with E-state index in [0.29, 0.717) is 5.56 Å². The molecule has 0 spiro atoms. The van der Waals surface area contributed by atoms with Gasteiger partial charge in [-0.05, 0) is 60.7 Å². The van der Waals surface area contributed by atoms with Crippen molar-refractivity contribution in [2.75, 3.05) is 0 Å². The summed E-state index contributed by atoms with van der Waals surface area (Å²) in [4.78, 5) is 5.83. The van der Waals surface area contributed by atoms with Gasteiger partial charge in [0, 0.05) is 40.2 Å². The molecule has 0 atom stereocenters. The molecular weight excluding hydrogens is 362 g/mol. The van der Waals surface area contributed by atoms with Gasteiger partial charge in [-0.25, -0.2) is 0 Å². The lowest BCUT2D eigenvalue weighted by Gasteiger charge is -2.18. The number of hydrogen-bond acceptors (Lipinski definition) is 3. The molecule has 0 unspecified atom stereocenters. The molecule has 0 bridgehead atoms. The van der Waals surface area contributed by atoms with E-state index in [0.717, 1.165) is 38.6 Å². The van der Waals surface area contributed by atoms with Crippen molar-refractivity contribution in [3.8, 4) is 11.3 Å². The Morgan fingerprint density at radius 1 is 1.00 bits per heavy atom. The zero-order valence-corrected chi connectivity index (χ0v) is 17.3. The van der Waals surface area contributed by atoms with Gasteiger partial charge in [-0.1, -0.05) is 32.9 Å². The second-order valence-corrected chi connectivity index (χ2v) is 9.59. The highest BCUT2D eigenvalue weighted by atomic mass is 32.1. The van der Waals surface area contributed by atoms with Crippen LogP contribution in [-0.4, -0.2) is 4.98 Å². The maximum Gasteiger partial charge on any atom is 0.144 e. The van der Waals surface area contributed by atoms with Gasteiger partial charge in [-0.15, -0.1) is 11.3 Å². The van der Waals surface area contributed by atoms with Gasteiger partial charge >= 0.3 is 0 Å². The molecule has 0 aliphatic heterocycles. The molecule has 0 amide bonds. The van der Waals surface area contributed by atoms with Gasteiger partial charge in [-0.2, -0.15) is 0 Å². The molecule has 0 N–H and O–H groups in total. The van der Waals surface area contributed by atoms with Crippen molar-refractivity contribution < 1.29 is 7.16 Å². The lowest BCUT2D eigenvalue weighted by molar-refractivity contribution is 0.411. The van der Waals surface area contributed by atoms with Gasteiger partial charge in [0.2, 0.25) is 0 Å². The van der Waals surface area contributed by atoms with Crippen LogP contribution in [0, 0.1) is 12.3 Å². The Morgan fingerprint density at radius 2 is 1.82 bits per heavy atom. The Labute approximate surface area is 171 Å². The minimum Gasteiger partial charge on any atom is -0.455 e. The summed E-state index contributed by atoms with van der Waals surface area (Å²) in [5, 5.41) is 3.29. The van der Waals surface area contributed by atoms with E-state index >= 15 is 0 Å². The molecule has 140 valence electrons. The number of rotatable bonds is 2. The van der Waals surface area contributed by atoms with Crippen molar-refractivity contribution in [2.24, 2.45) is 5.41 Å². The summed E-state index contributed by atoms with van der Waals surface area (Å²) in [6, 6.07) is 16.2. The third-order valence-corrected chi connectivity index (χ3v) is 5.85. The summed E-state index contributed by atoms with van der Waals surface area (Å²) in [6.45, 7) is 7.87. The zero-order chi connectivity index (χ0) is 21.3. The topological polar surface area (TPSA) is 26.0 Å². The largest absolute Gasteiger partial charge is 0.455 e. The summed E-state index contributed by atoms with van der Waals surface area (Å²) in [7, 11) is 0. The number of para-hydroxylation sites is 1. The molecule has 0 saturated heterocycles. The molecule has 5 rings (SSSR count). The second kappa shape index (κ2) is 6.18. The van der Waals surface area contributed by atoms with Gasteiger partial charge in [0.25, 0.3) is 0 Å². The standard InChI is InChI=1S/C25H23NOS/c1-15-12-20-22(28-15)9-8-18-17-6-5-7-19(23(17)27-24(18)20)21-13-16(10-11-26-21)14-25(2,3)4/h5-13H,14H2,1-4H3/i14D2. The van der Waals surface area contributed by atoms with Gasteiger partial charge < -0.3 is 4.42 Å². The third-order valence-electron chi connectivity index (χ3n) is 4.84. The van der Waals surface area contributed by atoms with Crippen LogP contribution in [0.25, 0.3) is 43.3 Å². The highest BCUT2D eigenvalue weighted by Crippen LogP contribution is 2.40. The van der Waals surface area contributed by atoms with Crippen molar-refractivity contribution in [3.05, 3.63) is 65.2 Å². The van der Waals surface area contributed by atoms with Crippen LogP contribution in [-0.2, 0) is 6.37 Å². The molecule has 28 heavy (non-hydrogen) atoms. The Morgan fingerprint density at radius 3 is 2.64 bits per heavy atom. The number of hydrogen-bond donors (Lipinski definition) is 0. The van der Waals surface area contributed by atoms with E-state index in [2.05, 4.69) is 36.2 Å². The highest BCUT2D eigenvalue weighted by molar-refractivity contribution is 7.19. The van der Waals surface area contributed by atoms with E-state index in [1.807, 2.05) is 39.0 Å². The quantitative estimate of drug-likeness (QED) is 0.309. The van der Waals surface area contributed by atoms with Crippen molar-refractivity contribution in [1.29, 1.82) is 0 Å².